The molecule has 0 fully saturated rings. The lowest BCUT2D eigenvalue weighted by atomic mass is 10.2. The molecule has 0 aromatic rings. The third kappa shape index (κ3) is 7.88. The highest BCUT2D eigenvalue weighted by Gasteiger charge is 2.00. The van der Waals surface area contributed by atoms with Crippen molar-refractivity contribution in [2.75, 3.05) is 18.6 Å². The lowest BCUT2D eigenvalue weighted by molar-refractivity contribution is -0.133. The third-order valence-electron chi connectivity index (χ3n) is 1.14. The van der Waals surface area contributed by atoms with E-state index in [0.717, 1.165) is 5.75 Å². The standard InChI is InChI=1S/C8H17NO2S/c1-7(2)6-11-9-8(10)4-5-12-3/h7H,4-6H2,1-3H3,(H,9,10). The molecule has 0 aromatic carbocycles. The maximum absolute atomic E-state index is 10.9. The van der Waals surface area contributed by atoms with Crippen LogP contribution in [0.2, 0.25) is 0 Å². The van der Waals surface area contributed by atoms with E-state index < -0.39 is 0 Å². The highest BCUT2D eigenvalue weighted by atomic mass is 32.2. The lowest BCUT2D eigenvalue weighted by Gasteiger charge is -2.06. The van der Waals surface area contributed by atoms with Gasteiger partial charge in [-0.15, -0.1) is 0 Å². The Bertz CT molecular complexity index is 128. The number of hydrogen-bond acceptors (Lipinski definition) is 3. The van der Waals surface area contributed by atoms with Crippen LogP contribution >= 0.6 is 11.8 Å². The molecule has 0 aliphatic heterocycles. The number of nitrogens with one attached hydrogen (secondary N) is 1. The van der Waals surface area contributed by atoms with E-state index in [-0.39, 0.29) is 5.91 Å². The van der Waals surface area contributed by atoms with Gasteiger partial charge in [-0.3, -0.25) is 9.63 Å². The molecule has 0 heterocycles. The topological polar surface area (TPSA) is 38.3 Å². The molecule has 0 aromatic heterocycles. The molecule has 3 nitrogen and oxygen atoms in total. The highest BCUT2D eigenvalue weighted by molar-refractivity contribution is 7.98. The molecule has 1 amide bonds. The van der Waals surface area contributed by atoms with E-state index in [4.69, 9.17) is 4.84 Å². The fourth-order valence-electron chi connectivity index (χ4n) is 0.535. The van der Waals surface area contributed by atoms with Crippen LogP contribution < -0.4 is 5.48 Å². The van der Waals surface area contributed by atoms with Gasteiger partial charge in [0.05, 0.1) is 6.61 Å². The summed E-state index contributed by atoms with van der Waals surface area (Å²) in [5.74, 6) is 1.26. The second-order valence-corrected chi connectivity index (χ2v) is 3.96. The predicted octanol–water partition coefficient (Wildman–Crippen LogP) is 1.44. The van der Waals surface area contributed by atoms with Crippen molar-refractivity contribution in [3.05, 3.63) is 0 Å². The molecule has 0 radical (unpaired) electrons. The van der Waals surface area contributed by atoms with E-state index in [9.17, 15) is 4.79 Å². The van der Waals surface area contributed by atoms with Gasteiger partial charge in [-0.2, -0.15) is 11.8 Å². The van der Waals surface area contributed by atoms with Crippen molar-refractivity contribution >= 4 is 17.7 Å². The van der Waals surface area contributed by atoms with Gasteiger partial charge >= 0.3 is 0 Å². The Balaban J connectivity index is 3.20. The molecule has 1 N–H and O–H groups in total. The zero-order valence-corrected chi connectivity index (χ0v) is 8.74. The lowest BCUT2D eigenvalue weighted by Crippen LogP contribution is -2.25. The zero-order valence-electron chi connectivity index (χ0n) is 7.92. The zero-order chi connectivity index (χ0) is 9.40. The summed E-state index contributed by atoms with van der Waals surface area (Å²) in [5.41, 5.74) is 2.40. The first-order chi connectivity index (χ1) is 5.66. The monoisotopic (exact) mass is 191 g/mol. The van der Waals surface area contributed by atoms with Crippen LogP contribution in [-0.2, 0) is 9.63 Å². The van der Waals surface area contributed by atoms with Gasteiger partial charge in [-0.25, -0.2) is 5.48 Å². The molecular weight excluding hydrogens is 174 g/mol. The Hall–Kier alpha value is -0.220. The Kier molecular flexibility index (Phi) is 7.29. The van der Waals surface area contributed by atoms with E-state index in [2.05, 4.69) is 5.48 Å². The molecule has 0 aliphatic rings. The Morgan fingerprint density at radius 3 is 2.75 bits per heavy atom. The average Bonchev–Trinajstić information content (AvgIpc) is 2.00. The van der Waals surface area contributed by atoms with Crippen molar-refractivity contribution in [2.45, 2.75) is 20.3 Å². The minimum Gasteiger partial charge on any atom is -0.273 e. The summed E-state index contributed by atoms with van der Waals surface area (Å²) in [7, 11) is 0. The molecule has 0 rings (SSSR count). The second-order valence-electron chi connectivity index (χ2n) is 2.97. The molecule has 12 heavy (non-hydrogen) atoms. The van der Waals surface area contributed by atoms with E-state index >= 15 is 0 Å². The molecule has 4 heteroatoms. The van der Waals surface area contributed by atoms with Crippen LogP contribution in [0.25, 0.3) is 0 Å². The van der Waals surface area contributed by atoms with Crippen molar-refractivity contribution in [2.24, 2.45) is 5.92 Å². The number of hydrogen-bond donors (Lipinski definition) is 1. The van der Waals surface area contributed by atoms with Gasteiger partial charge in [-0.05, 0) is 12.2 Å². The van der Waals surface area contributed by atoms with Gasteiger partial charge in [0.15, 0.2) is 0 Å². The van der Waals surface area contributed by atoms with Crippen molar-refractivity contribution in [3.8, 4) is 0 Å². The SMILES string of the molecule is CSCCC(=O)NOCC(C)C. The molecular formula is C8H17NO2S. The number of thioether (sulfide) groups is 1. The molecule has 0 saturated carbocycles. The fourth-order valence-corrected chi connectivity index (χ4v) is 0.924. The molecule has 0 spiro atoms. The second kappa shape index (κ2) is 7.43. The summed E-state index contributed by atoms with van der Waals surface area (Å²) in [5, 5.41) is 0. The summed E-state index contributed by atoms with van der Waals surface area (Å²) in [6, 6.07) is 0. The molecule has 0 bridgehead atoms. The van der Waals surface area contributed by atoms with Crippen molar-refractivity contribution in [1.29, 1.82) is 0 Å². The van der Waals surface area contributed by atoms with E-state index in [0.29, 0.717) is 18.9 Å². The first-order valence-corrected chi connectivity index (χ1v) is 5.45. The summed E-state index contributed by atoms with van der Waals surface area (Å²) in [6.07, 6.45) is 2.50. The average molecular weight is 191 g/mol. The van der Waals surface area contributed by atoms with E-state index in [1.54, 1.807) is 11.8 Å². The quantitative estimate of drug-likeness (QED) is 0.646. The van der Waals surface area contributed by atoms with Gasteiger partial charge in [-0.1, -0.05) is 13.8 Å². The van der Waals surface area contributed by atoms with E-state index in [1.165, 1.54) is 0 Å². The van der Waals surface area contributed by atoms with Gasteiger partial charge in [0.1, 0.15) is 0 Å². The number of rotatable bonds is 6. The van der Waals surface area contributed by atoms with Gasteiger partial charge in [0.2, 0.25) is 5.91 Å². The normalized spacial score (nSPS) is 10.3. The summed E-state index contributed by atoms with van der Waals surface area (Å²) in [6.45, 7) is 4.65. The highest BCUT2D eigenvalue weighted by Crippen LogP contribution is 1.95. The van der Waals surface area contributed by atoms with Crippen molar-refractivity contribution in [1.82, 2.24) is 5.48 Å². The molecule has 0 aliphatic carbocycles. The van der Waals surface area contributed by atoms with Gasteiger partial charge in [0, 0.05) is 12.2 Å². The predicted molar refractivity (Wildman–Crippen MR) is 51.9 cm³/mol. The Morgan fingerprint density at radius 2 is 2.25 bits per heavy atom. The summed E-state index contributed by atoms with van der Waals surface area (Å²) < 4.78 is 0. The third-order valence-corrected chi connectivity index (χ3v) is 1.75. The minimum atomic E-state index is -0.0370. The van der Waals surface area contributed by atoms with Crippen molar-refractivity contribution in [3.63, 3.8) is 0 Å². The molecule has 72 valence electrons. The number of hydroxylamine groups is 1. The van der Waals surface area contributed by atoms with Crippen molar-refractivity contribution < 1.29 is 9.63 Å². The number of carbonyl (C=O) groups excluding carboxylic acids is 1. The minimum absolute atomic E-state index is 0.0370. The first-order valence-electron chi connectivity index (χ1n) is 4.06. The molecule has 0 unspecified atom stereocenters. The Labute approximate surface area is 78.2 Å². The van der Waals surface area contributed by atoms with Gasteiger partial charge in [0.25, 0.3) is 0 Å². The molecule has 0 saturated heterocycles. The fraction of sp³-hybridized carbons (Fsp3) is 0.875. The Morgan fingerprint density at radius 1 is 1.58 bits per heavy atom. The smallest absolute Gasteiger partial charge is 0.244 e. The van der Waals surface area contributed by atoms with Crippen LogP contribution in [0.1, 0.15) is 20.3 Å². The number of amides is 1. The number of carbonyl (C=O) groups is 1. The first kappa shape index (κ1) is 11.8. The summed E-state index contributed by atoms with van der Waals surface area (Å²) in [4.78, 5) is 15.9. The van der Waals surface area contributed by atoms with Crippen LogP contribution in [0.5, 0.6) is 0 Å². The van der Waals surface area contributed by atoms with Crippen LogP contribution in [0.4, 0.5) is 0 Å². The van der Waals surface area contributed by atoms with Gasteiger partial charge < -0.3 is 0 Å². The van der Waals surface area contributed by atoms with Crippen LogP contribution in [0, 0.1) is 5.92 Å². The maximum atomic E-state index is 10.9. The van der Waals surface area contributed by atoms with E-state index in [1.807, 2.05) is 20.1 Å². The largest absolute Gasteiger partial charge is 0.273 e. The summed E-state index contributed by atoms with van der Waals surface area (Å²) >= 11 is 1.65. The van der Waals surface area contributed by atoms with Crippen LogP contribution in [0.3, 0.4) is 0 Å². The molecule has 0 atom stereocenters. The van der Waals surface area contributed by atoms with Crippen LogP contribution in [-0.4, -0.2) is 24.5 Å². The van der Waals surface area contributed by atoms with Crippen LogP contribution in [0.15, 0.2) is 0 Å². The maximum Gasteiger partial charge on any atom is 0.244 e.